The molecular weight excluding hydrogens is 250 g/mol. The number of hydrogen-bond donors (Lipinski definition) is 1. The summed E-state index contributed by atoms with van der Waals surface area (Å²) >= 11 is 3.58. The van der Waals surface area contributed by atoms with Gasteiger partial charge in [-0.25, -0.2) is 0 Å². The van der Waals surface area contributed by atoms with E-state index in [9.17, 15) is 0 Å². The number of benzene rings is 1. The van der Waals surface area contributed by atoms with Crippen molar-refractivity contribution >= 4 is 21.6 Å². The first-order chi connectivity index (χ1) is 7.34. The quantitative estimate of drug-likeness (QED) is 0.743. The van der Waals surface area contributed by atoms with Gasteiger partial charge in [0.05, 0.1) is 0 Å². The summed E-state index contributed by atoms with van der Waals surface area (Å²) in [7, 11) is 0. The lowest BCUT2D eigenvalue weighted by Gasteiger charge is -2.37. The summed E-state index contributed by atoms with van der Waals surface area (Å²) in [6.07, 6.45) is 5.62. The Hall–Kier alpha value is -0.500. The highest BCUT2D eigenvalue weighted by atomic mass is 79.9. The number of fused-ring (bicyclic) bond motifs is 3. The number of hydrogen-bond acceptors (Lipinski definition) is 1. The second kappa shape index (κ2) is 3.82. The highest BCUT2D eigenvalue weighted by molar-refractivity contribution is 9.10. The molecule has 80 valence electrons. The molecule has 2 unspecified atom stereocenters. The molecular formula is C13H16BrN. The van der Waals surface area contributed by atoms with Crippen molar-refractivity contribution in [2.24, 2.45) is 5.92 Å². The van der Waals surface area contributed by atoms with E-state index in [1.807, 2.05) is 0 Å². The van der Waals surface area contributed by atoms with Crippen molar-refractivity contribution in [2.75, 3.05) is 11.9 Å². The third-order valence-corrected chi connectivity index (χ3v) is 4.37. The van der Waals surface area contributed by atoms with Crippen molar-refractivity contribution in [3.05, 3.63) is 28.2 Å². The number of nitrogens with one attached hydrogen (secondary N) is 1. The molecule has 1 aliphatic heterocycles. The summed E-state index contributed by atoms with van der Waals surface area (Å²) in [5, 5.41) is 3.57. The zero-order chi connectivity index (χ0) is 10.3. The Morgan fingerprint density at radius 2 is 2.07 bits per heavy atom. The largest absolute Gasteiger partial charge is 0.385 e. The van der Waals surface area contributed by atoms with Crippen molar-refractivity contribution in [2.45, 2.75) is 31.6 Å². The molecule has 1 aromatic rings. The van der Waals surface area contributed by atoms with Gasteiger partial charge in [0.1, 0.15) is 0 Å². The predicted octanol–water partition coefficient (Wildman–Crippen LogP) is 4.15. The lowest BCUT2D eigenvalue weighted by atomic mass is 9.73. The molecule has 15 heavy (non-hydrogen) atoms. The first kappa shape index (κ1) is 9.71. The smallest absolute Gasteiger partial charge is 0.0376 e. The van der Waals surface area contributed by atoms with E-state index in [2.05, 4.69) is 39.4 Å². The van der Waals surface area contributed by atoms with Crippen LogP contribution in [0.25, 0.3) is 0 Å². The van der Waals surface area contributed by atoms with E-state index in [1.54, 1.807) is 5.56 Å². The van der Waals surface area contributed by atoms with E-state index >= 15 is 0 Å². The van der Waals surface area contributed by atoms with Gasteiger partial charge in [0, 0.05) is 16.7 Å². The van der Waals surface area contributed by atoms with Crippen LogP contribution in [-0.4, -0.2) is 6.54 Å². The number of rotatable bonds is 0. The van der Waals surface area contributed by atoms with Crippen LogP contribution in [0.4, 0.5) is 5.69 Å². The monoisotopic (exact) mass is 265 g/mol. The lowest BCUT2D eigenvalue weighted by molar-refractivity contribution is 0.313. The van der Waals surface area contributed by atoms with Crippen molar-refractivity contribution in [1.82, 2.24) is 0 Å². The van der Waals surface area contributed by atoms with Gasteiger partial charge >= 0.3 is 0 Å². The topological polar surface area (TPSA) is 12.0 Å². The van der Waals surface area contributed by atoms with E-state index in [1.165, 1.54) is 42.4 Å². The Morgan fingerprint density at radius 3 is 3.00 bits per heavy atom. The van der Waals surface area contributed by atoms with Crippen molar-refractivity contribution in [3.63, 3.8) is 0 Å². The molecule has 3 rings (SSSR count). The van der Waals surface area contributed by atoms with Gasteiger partial charge in [-0.1, -0.05) is 28.8 Å². The van der Waals surface area contributed by atoms with Crippen LogP contribution < -0.4 is 5.32 Å². The molecule has 1 heterocycles. The molecule has 2 heteroatoms. The first-order valence-corrected chi connectivity index (χ1v) is 6.67. The Morgan fingerprint density at radius 1 is 1.20 bits per heavy atom. The predicted molar refractivity (Wildman–Crippen MR) is 67.3 cm³/mol. The molecule has 2 aliphatic rings. The summed E-state index contributed by atoms with van der Waals surface area (Å²) in [4.78, 5) is 0. The summed E-state index contributed by atoms with van der Waals surface area (Å²) in [6.45, 7) is 1.18. The van der Waals surface area contributed by atoms with Gasteiger partial charge in [0.15, 0.2) is 0 Å². The van der Waals surface area contributed by atoms with Crippen LogP contribution in [0.1, 0.15) is 37.2 Å². The summed E-state index contributed by atoms with van der Waals surface area (Å²) in [6, 6.07) is 6.66. The van der Waals surface area contributed by atoms with E-state index < -0.39 is 0 Å². The minimum Gasteiger partial charge on any atom is -0.385 e. The van der Waals surface area contributed by atoms with Gasteiger partial charge in [0.25, 0.3) is 0 Å². The number of anilines is 1. The maximum absolute atomic E-state index is 3.58. The maximum Gasteiger partial charge on any atom is 0.0376 e. The molecule has 1 aromatic carbocycles. The highest BCUT2D eigenvalue weighted by Gasteiger charge is 2.31. The molecule has 0 saturated heterocycles. The molecule has 1 nitrogen and oxygen atoms in total. The van der Waals surface area contributed by atoms with Gasteiger partial charge in [0.2, 0.25) is 0 Å². The summed E-state index contributed by atoms with van der Waals surface area (Å²) < 4.78 is 1.22. The Labute approximate surface area is 99.4 Å². The van der Waals surface area contributed by atoms with Gasteiger partial charge in [-0.05, 0) is 48.4 Å². The second-order valence-electron chi connectivity index (χ2n) is 4.76. The Bertz CT molecular complexity index is 375. The van der Waals surface area contributed by atoms with Crippen LogP contribution in [0.2, 0.25) is 0 Å². The SMILES string of the molecule is Brc1ccc2c(c1)C1CCCCC1CN2. The van der Waals surface area contributed by atoms with Crippen LogP contribution in [0.5, 0.6) is 0 Å². The number of halogens is 1. The van der Waals surface area contributed by atoms with Gasteiger partial charge in [-0.15, -0.1) is 0 Å². The van der Waals surface area contributed by atoms with Crippen molar-refractivity contribution < 1.29 is 0 Å². The van der Waals surface area contributed by atoms with Gasteiger partial charge in [-0.2, -0.15) is 0 Å². The summed E-state index contributed by atoms with van der Waals surface area (Å²) in [5.74, 6) is 1.69. The Kier molecular flexibility index (Phi) is 2.47. The van der Waals surface area contributed by atoms with Crippen LogP contribution in [0, 0.1) is 5.92 Å². The highest BCUT2D eigenvalue weighted by Crippen LogP contribution is 2.44. The van der Waals surface area contributed by atoms with Crippen LogP contribution in [-0.2, 0) is 0 Å². The summed E-state index contributed by atoms with van der Waals surface area (Å²) in [5.41, 5.74) is 2.90. The zero-order valence-corrected chi connectivity index (χ0v) is 10.4. The normalized spacial score (nSPS) is 28.9. The first-order valence-electron chi connectivity index (χ1n) is 5.88. The molecule has 0 amide bonds. The van der Waals surface area contributed by atoms with E-state index in [0.717, 1.165) is 11.8 Å². The molecule has 1 saturated carbocycles. The molecule has 0 radical (unpaired) electrons. The van der Waals surface area contributed by atoms with Gasteiger partial charge in [-0.3, -0.25) is 0 Å². The van der Waals surface area contributed by atoms with Crippen LogP contribution >= 0.6 is 15.9 Å². The third-order valence-electron chi connectivity index (χ3n) is 3.88. The van der Waals surface area contributed by atoms with Crippen LogP contribution in [0.3, 0.4) is 0 Å². The lowest BCUT2D eigenvalue weighted by Crippen LogP contribution is -2.30. The molecule has 0 spiro atoms. The molecule has 2 atom stereocenters. The van der Waals surface area contributed by atoms with Gasteiger partial charge < -0.3 is 5.32 Å². The average molecular weight is 266 g/mol. The third kappa shape index (κ3) is 1.69. The van der Waals surface area contributed by atoms with E-state index in [0.29, 0.717) is 0 Å². The van der Waals surface area contributed by atoms with Crippen molar-refractivity contribution in [1.29, 1.82) is 0 Å². The molecule has 0 bridgehead atoms. The average Bonchev–Trinajstić information content (AvgIpc) is 2.29. The molecule has 1 fully saturated rings. The van der Waals surface area contributed by atoms with E-state index in [-0.39, 0.29) is 0 Å². The maximum atomic E-state index is 3.58. The molecule has 1 aliphatic carbocycles. The minimum absolute atomic E-state index is 0.812. The minimum atomic E-state index is 0.812. The molecule has 0 aromatic heterocycles. The standard InChI is InChI=1S/C13H16BrN/c14-10-5-6-13-12(7-10)11-4-2-1-3-9(11)8-15-13/h5-7,9,11,15H,1-4,8H2. The molecule has 1 N–H and O–H groups in total. The van der Waals surface area contributed by atoms with Crippen LogP contribution in [0.15, 0.2) is 22.7 Å². The van der Waals surface area contributed by atoms with Crippen molar-refractivity contribution in [3.8, 4) is 0 Å². The second-order valence-corrected chi connectivity index (χ2v) is 5.68. The fraction of sp³-hybridized carbons (Fsp3) is 0.538. The fourth-order valence-corrected chi connectivity index (χ4v) is 3.48. The zero-order valence-electron chi connectivity index (χ0n) is 8.80. The fourth-order valence-electron chi connectivity index (χ4n) is 3.10. The van der Waals surface area contributed by atoms with E-state index in [4.69, 9.17) is 0 Å². The Balaban J connectivity index is 2.01.